The standard InChI is InChI=1S/C16H21FN3O2PS/c1-10(2)13-15(23-4)14(11-6-8-12(17)9-7-11)19-16(18-13)20(3)24(5,21)22/h6-10,23H,1-5H3. The van der Waals surface area contributed by atoms with Crippen LogP contribution in [0.3, 0.4) is 0 Å². The summed E-state index contributed by atoms with van der Waals surface area (Å²) >= 11 is 0. The highest BCUT2D eigenvalue weighted by atomic mass is 32.2. The summed E-state index contributed by atoms with van der Waals surface area (Å²) in [4.78, 5) is 8.95. The lowest BCUT2D eigenvalue weighted by atomic mass is 10.1. The summed E-state index contributed by atoms with van der Waals surface area (Å²) in [6, 6.07) is 6.04. The summed E-state index contributed by atoms with van der Waals surface area (Å²) in [6.07, 6.45) is 1.11. The zero-order valence-corrected chi connectivity index (χ0v) is 16.1. The van der Waals surface area contributed by atoms with Crippen LogP contribution in [0.1, 0.15) is 25.5 Å². The van der Waals surface area contributed by atoms with Crippen molar-refractivity contribution in [3.05, 3.63) is 35.8 Å². The van der Waals surface area contributed by atoms with Gasteiger partial charge in [-0.3, -0.25) is 0 Å². The van der Waals surface area contributed by atoms with Crippen LogP contribution in [0.2, 0.25) is 0 Å². The predicted octanol–water partition coefficient (Wildman–Crippen LogP) is 2.74. The topological polar surface area (TPSA) is 63.2 Å². The number of aromatic nitrogens is 2. The van der Waals surface area contributed by atoms with Crippen LogP contribution in [0.15, 0.2) is 24.3 Å². The van der Waals surface area contributed by atoms with Crippen molar-refractivity contribution in [3.63, 3.8) is 0 Å². The number of benzene rings is 1. The fourth-order valence-electron chi connectivity index (χ4n) is 2.24. The van der Waals surface area contributed by atoms with E-state index in [2.05, 4.69) is 9.97 Å². The number of anilines is 1. The average Bonchev–Trinajstić information content (AvgIpc) is 2.52. The Labute approximate surface area is 144 Å². The van der Waals surface area contributed by atoms with E-state index in [1.807, 2.05) is 20.5 Å². The Bertz CT molecular complexity index is 839. The van der Waals surface area contributed by atoms with Crippen molar-refractivity contribution >= 4 is 29.9 Å². The molecule has 2 aromatic rings. The van der Waals surface area contributed by atoms with E-state index in [0.29, 0.717) is 14.3 Å². The maximum absolute atomic E-state index is 13.2. The van der Waals surface area contributed by atoms with E-state index in [4.69, 9.17) is 0 Å². The third kappa shape index (κ3) is 3.90. The van der Waals surface area contributed by atoms with Crippen molar-refractivity contribution < 1.29 is 12.8 Å². The lowest BCUT2D eigenvalue weighted by Gasteiger charge is -2.20. The van der Waals surface area contributed by atoms with Gasteiger partial charge in [-0.25, -0.2) is 27.1 Å². The lowest BCUT2D eigenvalue weighted by Crippen LogP contribution is -2.29. The molecular formula is C16H21FN3O2PS. The second-order valence-electron chi connectivity index (χ2n) is 5.77. The van der Waals surface area contributed by atoms with E-state index in [0.717, 1.165) is 27.1 Å². The van der Waals surface area contributed by atoms with E-state index in [1.165, 1.54) is 19.2 Å². The first-order chi connectivity index (χ1) is 11.1. The number of nitrogens with zero attached hydrogens (tertiary/aromatic N) is 3. The molecule has 1 unspecified atom stereocenters. The van der Waals surface area contributed by atoms with Gasteiger partial charge in [0.15, 0.2) is 0 Å². The molecule has 130 valence electrons. The molecule has 0 amide bonds. The summed E-state index contributed by atoms with van der Waals surface area (Å²) in [7, 11) is -1.61. The fraction of sp³-hybridized carbons (Fsp3) is 0.375. The Morgan fingerprint density at radius 3 is 2.21 bits per heavy atom. The number of hydrogen-bond donors (Lipinski definition) is 0. The number of sulfonamides is 1. The van der Waals surface area contributed by atoms with Gasteiger partial charge in [0.25, 0.3) is 0 Å². The van der Waals surface area contributed by atoms with Gasteiger partial charge in [0.2, 0.25) is 16.0 Å². The highest BCUT2D eigenvalue weighted by Gasteiger charge is 2.22. The van der Waals surface area contributed by atoms with Gasteiger partial charge in [-0.15, -0.1) is 0 Å². The summed E-state index contributed by atoms with van der Waals surface area (Å²) in [5.41, 5.74) is 2.21. The molecule has 0 aliphatic rings. The van der Waals surface area contributed by atoms with E-state index < -0.39 is 10.0 Å². The molecule has 0 aliphatic carbocycles. The van der Waals surface area contributed by atoms with Crippen molar-refractivity contribution in [2.75, 3.05) is 24.3 Å². The summed E-state index contributed by atoms with van der Waals surface area (Å²) < 4.78 is 38.0. The molecule has 1 heterocycles. The van der Waals surface area contributed by atoms with Gasteiger partial charge < -0.3 is 0 Å². The number of hydrogen-bond acceptors (Lipinski definition) is 4. The maximum Gasteiger partial charge on any atom is 0.239 e. The first-order valence-corrected chi connectivity index (χ1v) is 10.8. The minimum Gasteiger partial charge on any atom is -0.241 e. The van der Waals surface area contributed by atoms with E-state index in [1.54, 1.807) is 12.1 Å². The maximum atomic E-state index is 13.2. The Hall–Kier alpha value is -1.59. The average molecular weight is 369 g/mol. The molecule has 1 aromatic heterocycles. The predicted molar refractivity (Wildman–Crippen MR) is 98.6 cm³/mol. The molecular weight excluding hydrogens is 348 g/mol. The van der Waals surface area contributed by atoms with Gasteiger partial charge in [-0.2, -0.15) is 0 Å². The minimum absolute atomic E-state index is 0.112. The van der Waals surface area contributed by atoms with Gasteiger partial charge in [0, 0.05) is 17.9 Å². The van der Waals surface area contributed by atoms with Gasteiger partial charge >= 0.3 is 0 Å². The highest BCUT2D eigenvalue weighted by Crippen LogP contribution is 2.27. The van der Waals surface area contributed by atoms with Crippen molar-refractivity contribution in [3.8, 4) is 11.3 Å². The quantitative estimate of drug-likeness (QED) is 0.761. The van der Waals surface area contributed by atoms with Gasteiger partial charge in [0.05, 0.1) is 17.6 Å². The molecule has 2 rings (SSSR count). The molecule has 0 bridgehead atoms. The molecule has 8 heteroatoms. The molecule has 1 atom stereocenters. The summed E-state index contributed by atoms with van der Waals surface area (Å²) in [6.45, 7) is 6.03. The normalized spacial score (nSPS) is 12.3. The fourth-order valence-corrected chi connectivity index (χ4v) is 3.65. The van der Waals surface area contributed by atoms with Crippen LogP contribution >= 0.6 is 8.58 Å². The lowest BCUT2D eigenvalue weighted by molar-refractivity contribution is 0.599. The molecule has 5 nitrogen and oxygen atoms in total. The highest BCUT2D eigenvalue weighted by molar-refractivity contribution is 7.92. The Morgan fingerprint density at radius 2 is 1.75 bits per heavy atom. The molecule has 0 aliphatic heterocycles. The van der Waals surface area contributed by atoms with Crippen LogP contribution in [0.5, 0.6) is 0 Å². The largest absolute Gasteiger partial charge is 0.241 e. The Morgan fingerprint density at radius 1 is 1.17 bits per heavy atom. The Kier molecular flexibility index (Phi) is 5.56. The van der Waals surface area contributed by atoms with Crippen LogP contribution in [0.25, 0.3) is 11.3 Å². The van der Waals surface area contributed by atoms with Crippen LogP contribution < -0.4 is 9.61 Å². The first kappa shape index (κ1) is 18.7. The van der Waals surface area contributed by atoms with E-state index in [9.17, 15) is 12.8 Å². The smallest absolute Gasteiger partial charge is 0.239 e. The molecule has 1 aromatic carbocycles. The third-order valence-electron chi connectivity index (χ3n) is 3.62. The summed E-state index contributed by atoms with van der Waals surface area (Å²) in [5.74, 6) is -0.0882. The minimum atomic E-state index is -3.47. The van der Waals surface area contributed by atoms with Gasteiger partial charge in [0.1, 0.15) is 5.82 Å². The SMILES string of the molecule is CPc1c(-c2ccc(F)cc2)nc(N(C)S(C)(=O)=O)nc1C(C)C. The first-order valence-electron chi connectivity index (χ1n) is 7.44. The second-order valence-corrected chi connectivity index (χ2v) is 8.79. The monoisotopic (exact) mass is 369 g/mol. The van der Waals surface area contributed by atoms with Crippen molar-refractivity contribution in [2.24, 2.45) is 0 Å². The molecule has 0 saturated carbocycles. The van der Waals surface area contributed by atoms with E-state index in [-0.39, 0.29) is 17.7 Å². The van der Waals surface area contributed by atoms with E-state index >= 15 is 0 Å². The zero-order valence-electron chi connectivity index (χ0n) is 14.3. The van der Waals surface area contributed by atoms with Crippen molar-refractivity contribution in [1.82, 2.24) is 9.97 Å². The number of rotatable bonds is 5. The van der Waals surface area contributed by atoms with Crippen LogP contribution in [-0.2, 0) is 10.0 Å². The van der Waals surface area contributed by atoms with Crippen LogP contribution in [0.4, 0.5) is 10.3 Å². The second kappa shape index (κ2) is 7.11. The third-order valence-corrected chi connectivity index (χ3v) is 5.77. The molecule has 0 spiro atoms. The molecule has 0 radical (unpaired) electrons. The van der Waals surface area contributed by atoms with Crippen molar-refractivity contribution in [1.29, 1.82) is 0 Å². The molecule has 0 saturated heterocycles. The van der Waals surface area contributed by atoms with Crippen LogP contribution in [0, 0.1) is 5.82 Å². The zero-order chi connectivity index (χ0) is 18.1. The van der Waals surface area contributed by atoms with Crippen LogP contribution in [-0.4, -0.2) is 38.4 Å². The Balaban J connectivity index is 2.76. The van der Waals surface area contributed by atoms with Crippen molar-refractivity contribution in [2.45, 2.75) is 19.8 Å². The number of halogens is 1. The molecule has 24 heavy (non-hydrogen) atoms. The molecule has 0 fully saturated rings. The summed E-state index contributed by atoms with van der Waals surface area (Å²) in [5, 5.41) is 0.974. The van der Waals surface area contributed by atoms with Gasteiger partial charge in [-0.05, 0) is 36.8 Å². The van der Waals surface area contributed by atoms with Gasteiger partial charge in [-0.1, -0.05) is 22.4 Å². The molecule has 0 N–H and O–H groups in total.